The minimum atomic E-state index is -0.213. The molecule has 0 unspecified atom stereocenters. The molecule has 2 aromatic rings. The number of aromatic nitrogens is 2. The lowest BCUT2D eigenvalue weighted by Crippen LogP contribution is -2.08. The van der Waals surface area contributed by atoms with Crippen molar-refractivity contribution in [1.29, 1.82) is 0 Å². The van der Waals surface area contributed by atoms with Crippen LogP contribution >= 0.6 is 0 Å². The van der Waals surface area contributed by atoms with Gasteiger partial charge in [0.15, 0.2) is 0 Å². The van der Waals surface area contributed by atoms with Crippen LogP contribution in [0, 0.1) is 6.92 Å². The Balaban J connectivity index is 2.02. The number of nitrogens with zero attached hydrogens (tertiary/aromatic N) is 1. The van der Waals surface area contributed by atoms with E-state index in [1.54, 1.807) is 19.4 Å². The van der Waals surface area contributed by atoms with Gasteiger partial charge >= 0.3 is 0 Å². The molecular weight excluding hydrogens is 242 g/mol. The Morgan fingerprint density at radius 1 is 1.47 bits per heavy atom. The largest absolute Gasteiger partial charge is 0.497 e. The molecule has 2 rings (SSSR count). The van der Waals surface area contributed by atoms with E-state index in [0.29, 0.717) is 5.82 Å². The Hall–Kier alpha value is -2.56. The van der Waals surface area contributed by atoms with Crippen molar-refractivity contribution < 1.29 is 9.53 Å². The first kappa shape index (κ1) is 12.9. The van der Waals surface area contributed by atoms with E-state index in [-0.39, 0.29) is 5.91 Å². The van der Waals surface area contributed by atoms with Crippen molar-refractivity contribution in [3.8, 4) is 5.75 Å². The summed E-state index contributed by atoms with van der Waals surface area (Å²) in [6, 6.07) is 7.47. The number of rotatable bonds is 4. The van der Waals surface area contributed by atoms with E-state index in [0.717, 1.165) is 16.9 Å². The monoisotopic (exact) mass is 257 g/mol. The van der Waals surface area contributed by atoms with E-state index in [1.165, 1.54) is 6.08 Å². The number of amides is 1. The Kier molecular flexibility index (Phi) is 3.97. The van der Waals surface area contributed by atoms with Crippen LogP contribution < -0.4 is 10.1 Å². The standard InChI is InChI=1S/C14H15N3O2/c1-10-9-15-17-14(10)16-13(18)7-6-11-4-3-5-12(8-11)19-2/h3-9H,1-2H3,(H2,15,16,17,18)/b7-6+. The normalized spacial score (nSPS) is 10.6. The van der Waals surface area contributed by atoms with Crippen LogP contribution in [-0.4, -0.2) is 23.2 Å². The second kappa shape index (κ2) is 5.86. The van der Waals surface area contributed by atoms with Gasteiger partial charge in [0.25, 0.3) is 0 Å². The van der Waals surface area contributed by atoms with Gasteiger partial charge in [-0.15, -0.1) is 0 Å². The first-order valence-electron chi connectivity index (χ1n) is 5.82. The smallest absolute Gasteiger partial charge is 0.249 e. The van der Waals surface area contributed by atoms with Crippen molar-refractivity contribution in [2.24, 2.45) is 0 Å². The fraction of sp³-hybridized carbons (Fsp3) is 0.143. The summed E-state index contributed by atoms with van der Waals surface area (Å²) in [5.41, 5.74) is 1.79. The molecule has 0 saturated carbocycles. The van der Waals surface area contributed by atoms with Gasteiger partial charge in [-0.3, -0.25) is 9.89 Å². The molecule has 0 aliphatic rings. The number of carbonyl (C=O) groups is 1. The van der Waals surface area contributed by atoms with E-state index >= 15 is 0 Å². The van der Waals surface area contributed by atoms with Gasteiger partial charge < -0.3 is 10.1 Å². The predicted molar refractivity (Wildman–Crippen MR) is 74.0 cm³/mol. The van der Waals surface area contributed by atoms with Crippen LogP contribution in [0.15, 0.2) is 36.5 Å². The molecule has 0 atom stereocenters. The molecule has 5 nitrogen and oxygen atoms in total. The van der Waals surface area contributed by atoms with Crippen LogP contribution in [0.5, 0.6) is 5.75 Å². The molecule has 0 spiro atoms. The van der Waals surface area contributed by atoms with Gasteiger partial charge in [-0.1, -0.05) is 12.1 Å². The van der Waals surface area contributed by atoms with Gasteiger partial charge in [0.2, 0.25) is 5.91 Å². The molecule has 0 aliphatic heterocycles. The molecule has 0 bridgehead atoms. The van der Waals surface area contributed by atoms with Gasteiger partial charge in [0.1, 0.15) is 11.6 Å². The third-order valence-corrected chi connectivity index (χ3v) is 2.60. The summed E-state index contributed by atoms with van der Waals surface area (Å²) in [6.07, 6.45) is 4.85. The SMILES string of the molecule is COc1cccc(/C=C/C(=O)Nc2[nH]ncc2C)c1. The van der Waals surface area contributed by atoms with Crippen molar-refractivity contribution in [3.63, 3.8) is 0 Å². The van der Waals surface area contributed by atoms with Crippen molar-refractivity contribution in [2.45, 2.75) is 6.92 Å². The first-order chi connectivity index (χ1) is 9.19. The number of aryl methyl sites for hydroxylation is 1. The minimum absolute atomic E-state index is 0.213. The van der Waals surface area contributed by atoms with Crippen molar-refractivity contribution >= 4 is 17.8 Å². The molecule has 0 radical (unpaired) electrons. The van der Waals surface area contributed by atoms with Crippen molar-refractivity contribution in [1.82, 2.24) is 10.2 Å². The van der Waals surface area contributed by atoms with Gasteiger partial charge in [0.05, 0.1) is 13.3 Å². The zero-order chi connectivity index (χ0) is 13.7. The number of methoxy groups -OCH3 is 1. The lowest BCUT2D eigenvalue weighted by molar-refractivity contribution is -0.111. The molecule has 19 heavy (non-hydrogen) atoms. The molecule has 0 saturated heterocycles. The number of benzene rings is 1. The highest BCUT2D eigenvalue weighted by molar-refractivity contribution is 6.01. The lowest BCUT2D eigenvalue weighted by atomic mass is 10.2. The molecule has 1 aromatic heterocycles. The molecule has 0 fully saturated rings. The molecule has 2 N–H and O–H groups in total. The molecule has 1 aromatic carbocycles. The number of aromatic amines is 1. The maximum Gasteiger partial charge on any atom is 0.249 e. The van der Waals surface area contributed by atoms with Gasteiger partial charge in [-0.25, -0.2) is 0 Å². The Labute approximate surface area is 111 Å². The van der Waals surface area contributed by atoms with Crippen LogP contribution in [0.2, 0.25) is 0 Å². The molecule has 1 amide bonds. The van der Waals surface area contributed by atoms with Gasteiger partial charge in [0, 0.05) is 11.6 Å². The van der Waals surface area contributed by atoms with Crippen LogP contribution in [0.25, 0.3) is 6.08 Å². The topological polar surface area (TPSA) is 67.0 Å². The zero-order valence-corrected chi connectivity index (χ0v) is 10.8. The van der Waals surface area contributed by atoms with E-state index in [4.69, 9.17) is 4.74 Å². The number of H-pyrrole nitrogens is 1. The first-order valence-corrected chi connectivity index (χ1v) is 5.82. The summed E-state index contributed by atoms with van der Waals surface area (Å²) in [4.78, 5) is 11.7. The Morgan fingerprint density at radius 3 is 3.00 bits per heavy atom. The Morgan fingerprint density at radius 2 is 2.32 bits per heavy atom. The number of ether oxygens (including phenoxy) is 1. The summed E-state index contributed by atoms with van der Waals surface area (Å²) >= 11 is 0. The lowest BCUT2D eigenvalue weighted by Gasteiger charge is -2.01. The molecule has 98 valence electrons. The fourth-order valence-corrected chi connectivity index (χ4v) is 1.55. The van der Waals surface area contributed by atoms with E-state index in [1.807, 2.05) is 31.2 Å². The number of nitrogens with one attached hydrogen (secondary N) is 2. The van der Waals surface area contributed by atoms with Crippen molar-refractivity contribution in [2.75, 3.05) is 12.4 Å². The maximum absolute atomic E-state index is 11.7. The number of hydrogen-bond acceptors (Lipinski definition) is 3. The third-order valence-electron chi connectivity index (χ3n) is 2.60. The predicted octanol–water partition coefficient (Wildman–Crippen LogP) is 2.38. The second-order valence-corrected chi connectivity index (χ2v) is 4.03. The molecular formula is C14H15N3O2. The quantitative estimate of drug-likeness (QED) is 0.826. The summed E-state index contributed by atoms with van der Waals surface area (Å²) in [6.45, 7) is 1.87. The van der Waals surface area contributed by atoms with Crippen molar-refractivity contribution in [3.05, 3.63) is 47.7 Å². The highest BCUT2D eigenvalue weighted by Gasteiger charge is 2.02. The minimum Gasteiger partial charge on any atom is -0.497 e. The van der Waals surface area contributed by atoms with E-state index < -0.39 is 0 Å². The summed E-state index contributed by atoms with van der Waals surface area (Å²) in [7, 11) is 1.61. The third kappa shape index (κ3) is 3.45. The van der Waals surface area contributed by atoms with E-state index in [2.05, 4.69) is 15.5 Å². The maximum atomic E-state index is 11.7. The highest BCUT2D eigenvalue weighted by atomic mass is 16.5. The average molecular weight is 257 g/mol. The number of anilines is 1. The van der Waals surface area contributed by atoms with Gasteiger partial charge in [-0.2, -0.15) is 5.10 Å². The fourth-order valence-electron chi connectivity index (χ4n) is 1.55. The summed E-state index contributed by atoms with van der Waals surface area (Å²) < 4.78 is 5.11. The Bertz CT molecular complexity index is 602. The van der Waals surface area contributed by atoms with Crippen LogP contribution in [-0.2, 0) is 4.79 Å². The zero-order valence-electron chi connectivity index (χ0n) is 10.8. The summed E-state index contributed by atoms with van der Waals surface area (Å²) in [5.74, 6) is 1.16. The number of hydrogen-bond donors (Lipinski definition) is 2. The van der Waals surface area contributed by atoms with E-state index in [9.17, 15) is 4.79 Å². The van der Waals surface area contributed by atoms with Crippen LogP contribution in [0.4, 0.5) is 5.82 Å². The number of carbonyl (C=O) groups excluding carboxylic acids is 1. The van der Waals surface area contributed by atoms with Crippen LogP contribution in [0.3, 0.4) is 0 Å². The molecule has 5 heteroatoms. The molecule has 1 heterocycles. The van der Waals surface area contributed by atoms with Gasteiger partial charge in [-0.05, 0) is 30.7 Å². The average Bonchev–Trinajstić information content (AvgIpc) is 2.82. The summed E-state index contributed by atoms with van der Waals surface area (Å²) in [5, 5.41) is 9.27. The molecule has 0 aliphatic carbocycles. The second-order valence-electron chi connectivity index (χ2n) is 4.03. The van der Waals surface area contributed by atoms with Crippen LogP contribution in [0.1, 0.15) is 11.1 Å². The highest BCUT2D eigenvalue weighted by Crippen LogP contribution is 2.14.